The first kappa shape index (κ1) is 40.4. The third-order valence-corrected chi connectivity index (χ3v) is 9.32. The number of amides is 3. The van der Waals surface area contributed by atoms with Crippen LogP contribution >= 0.6 is 0 Å². The minimum Gasteiger partial charge on any atom is -0.493 e. The monoisotopic (exact) mass is 701 g/mol. The molecule has 4 rings (SSSR count). The summed E-state index contributed by atoms with van der Waals surface area (Å²) in [6, 6.07) is 11.0. The quantitative estimate of drug-likeness (QED) is 0.0598. The molecule has 0 spiro atoms. The van der Waals surface area contributed by atoms with E-state index in [9.17, 15) is 24.0 Å². The van der Waals surface area contributed by atoms with Gasteiger partial charge in [-0.05, 0) is 67.7 Å². The van der Waals surface area contributed by atoms with Gasteiger partial charge >= 0.3 is 5.97 Å². The average molecular weight is 702 g/mol. The van der Waals surface area contributed by atoms with Gasteiger partial charge in [0.25, 0.3) is 11.8 Å². The maximum Gasteiger partial charge on any atom is 0.319 e. The van der Waals surface area contributed by atoms with Crippen molar-refractivity contribution in [1.29, 1.82) is 0 Å². The third-order valence-electron chi connectivity index (χ3n) is 9.32. The molecule has 0 saturated heterocycles. The zero-order valence-electron chi connectivity index (χ0n) is 31.4. The van der Waals surface area contributed by atoms with Crippen LogP contribution in [-0.4, -0.2) is 60.2 Å². The van der Waals surface area contributed by atoms with Crippen molar-refractivity contribution in [3.8, 4) is 17.2 Å². The molecule has 1 N–H and O–H groups in total. The number of hydrogen-bond donors (Lipinski definition) is 1. The van der Waals surface area contributed by atoms with Gasteiger partial charge in [0.2, 0.25) is 11.6 Å². The predicted octanol–water partition coefficient (Wildman–Crippen LogP) is 6.86. The highest BCUT2D eigenvalue weighted by Crippen LogP contribution is 2.38. The highest BCUT2D eigenvalue weighted by atomic mass is 16.5. The Bertz CT molecular complexity index is 1730. The molecule has 0 aromatic heterocycles. The average Bonchev–Trinajstić information content (AvgIpc) is 3.06. The van der Waals surface area contributed by atoms with Gasteiger partial charge in [0.05, 0.1) is 18.7 Å². The number of carbonyl (C=O) groups is 5. The molecule has 0 fully saturated rings. The molecule has 2 aromatic carbocycles. The van der Waals surface area contributed by atoms with Crippen LogP contribution < -0.4 is 19.5 Å². The topological polar surface area (TPSA) is 133 Å². The first-order chi connectivity index (χ1) is 23.9. The number of hydrogen-bond acceptors (Lipinski definition) is 8. The smallest absolute Gasteiger partial charge is 0.319 e. The van der Waals surface area contributed by atoms with Crippen LogP contribution in [0.15, 0.2) is 47.7 Å². The zero-order chi connectivity index (χ0) is 38.1. The fourth-order valence-corrected chi connectivity index (χ4v) is 5.41. The van der Waals surface area contributed by atoms with Crippen molar-refractivity contribution in [2.75, 3.05) is 19.8 Å². The number of nitrogens with one attached hydrogen (secondary N) is 1. The summed E-state index contributed by atoms with van der Waals surface area (Å²) in [5.41, 5.74) is 3.54. The molecular formula is C40H51N3O8. The second-order valence-electron chi connectivity index (χ2n) is 14.4. The molecule has 0 saturated carbocycles. The molecule has 2 aliphatic rings. The van der Waals surface area contributed by atoms with Crippen LogP contribution in [0.2, 0.25) is 0 Å². The number of carbonyl (C=O) groups excluding carboxylic acids is 5. The number of nitrogens with zero attached hydrogens (tertiary/aromatic N) is 2. The van der Waals surface area contributed by atoms with E-state index in [0.29, 0.717) is 29.9 Å². The maximum absolute atomic E-state index is 12.4. The van der Waals surface area contributed by atoms with Crippen LogP contribution in [0, 0.1) is 6.57 Å². The summed E-state index contributed by atoms with van der Waals surface area (Å²) < 4.78 is 16.4. The Morgan fingerprint density at radius 3 is 2.29 bits per heavy atom. The minimum atomic E-state index is -0.586. The van der Waals surface area contributed by atoms with Crippen LogP contribution in [0.5, 0.6) is 17.2 Å². The number of Topliss-reactive ketones (excluding diaryl/α,β-unsaturated/α-hetero) is 1. The molecule has 274 valence electrons. The van der Waals surface area contributed by atoms with Crippen molar-refractivity contribution >= 4 is 29.5 Å². The Morgan fingerprint density at radius 2 is 1.67 bits per heavy atom. The Hall–Kier alpha value is -4.98. The van der Waals surface area contributed by atoms with Gasteiger partial charge in [-0.1, -0.05) is 66.2 Å². The number of esters is 1. The van der Waals surface area contributed by atoms with E-state index in [1.165, 1.54) is 28.2 Å². The maximum atomic E-state index is 12.4. The highest BCUT2D eigenvalue weighted by molar-refractivity contribution is 6.11. The number of fused-ring (bicyclic) bond motifs is 1. The van der Waals surface area contributed by atoms with E-state index < -0.39 is 11.9 Å². The summed E-state index contributed by atoms with van der Waals surface area (Å²) in [6.07, 6.45) is 2.45. The zero-order valence-corrected chi connectivity index (χ0v) is 31.4. The molecule has 51 heavy (non-hydrogen) atoms. The van der Waals surface area contributed by atoms with Gasteiger partial charge in [0.15, 0.2) is 12.4 Å². The molecule has 2 heterocycles. The van der Waals surface area contributed by atoms with Gasteiger partial charge in [0, 0.05) is 30.6 Å². The lowest BCUT2D eigenvalue weighted by atomic mass is 9.76. The minimum absolute atomic E-state index is 0.0270. The number of benzene rings is 2. The second-order valence-corrected chi connectivity index (χ2v) is 14.4. The van der Waals surface area contributed by atoms with Crippen LogP contribution in [0.3, 0.4) is 0 Å². The van der Waals surface area contributed by atoms with Crippen LogP contribution in [0.4, 0.5) is 0 Å². The standard InChI is InChI=1S/C26H36N2O3.C14H15NO5/c1-9-25(4,5)19-12-13-21(20(17-19)26(6,7)10-2)31-15-11-14-28-22(29)16-18(3)23(27-8)24(28)30;1-8(2)15-13(17)7-19-9-3-4-10-11(16)6-14(18)20-12(10)5-9/h12-13,17H,9-11,14-16H2,1-7H3;3-5,8H,6-7H2,1-2H3,(H,15,17). The van der Waals surface area contributed by atoms with E-state index in [2.05, 4.69) is 69.9 Å². The molecule has 0 unspecified atom stereocenters. The Kier molecular flexibility index (Phi) is 13.7. The van der Waals surface area contributed by atoms with Gasteiger partial charge in [-0.25, -0.2) is 4.85 Å². The van der Waals surface area contributed by atoms with E-state index in [4.69, 9.17) is 20.8 Å². The fraction of sp³-hybridized carbons (Fsp3) is 0.500. The number of ketones is 1. The Morgan fingerprint density at radius 1 is 0.980 bits per heavy atom. The molecule has 0 radical (unpaired) electrons. The van der Waals surface area contributed by atoms with E-state index in [1.54, 1.807) is 13.0 Å². The van der Waals surface area contributed by atoms with Crippen LogP contribution in [0.1, 0.15) is 116 Å². The fourth-order valence-electron chi connectivity index (χ4n) is 5.41. The van der Waals surface area contributed by atoms with Gasteiger partial charge in [-0.2, -0.15) is 0 Å². The van der Waals surface area contributed by atoms with Gasteiger partial charge in [0.1, 0.15) is 23.7 Å². The number of ether oxygens (including phenoxy) is 3. The Balaban J connectivity index is 0.000000302. The lowest BCUT2D eigenvalue weighted by molar-refractivity contribution is -0.143. The lowest BCUT2D eigenvalue weighted by Crippen LogP contribution is -2.41. The molecular weight excluding hydrogens is 650 g/mol. The van der Waals surface area contributed by atoms with Gasteiger partial charge in [-0.3, -0.25) is 28.9 Å². The largest absolute Gasteiger partial charge is 0.493 e. The summed E-state index contributed by atoms with van der Waals surface area (Å²) in [7, 11) is 0. The van der Waals surface area contributed by atoms with Crippen molar-refractivity contribution in [2.45, 2.75) is 111 Å². The first-order valence-electron chi connectivity index (χ1n) is 17.4. The van der Waals surface area contributed by atoms with E-state index in [-0.39, 0.29) is 71.9 Å². The second kappa shape index (κ2) is 17.3. The molecule has 11 heteroatoms. The van der Waals surface area contributed by atoms with Gasteiger partial charge in [-0.15, -0.1) is 0 Å². The molecule has 2 aromatic rings. The molecule has 0 bridgehead atoms. The van der Waals surface area contributed by atoms with Gasteiger partial charge < -0.3 is 19.5 Å². The van der Waals surface area contributed by atoms with Crippen LogP contribution in [0.25, 0.3) is 4.85 Å². The molecule has 0 atom stereocenters. The normalized spacial score (nSPS) is 14.7. The lowest BCUT2D eigenvalue weighted by Gasteiger charge is -2.30. The van der Waals surface area contributed by atoms with Crippen molar-refractivity contribution < 1.29 is 38.2 Å². The number of rotatable bonds is 13. The van der Waals surface area contributed by atoms with E-state index in [1.807, 2.05) is 13.8 Å². The van der Waals surface area contributed by atoms with Crippen molar-refractivity contribution in [2.24, 2.45) is 0 Å². The summed E-state index contributed by atoms with van der Waals surface area (Å²) >= 11 is 0. The first-order valence-corrected chi connectivity index (χ1v) is 17.4. The predicted molar refractivity (Wildman–Crippen MR) is 194 cm³/mol. The molecule has 0 aliphatic carbocycles. The molecule has 3 amide bonds. The summed E-state index contributed by atoms with van der Waals surface area (Å²) in [6.45, 7) is 26.4. The highest BCUT2D eigenvalue weighted by Gasteiger charge is 2.32. The van der Waals surface area contributed by atoms with E-state index in [0.717, 1.165) is 18.6 Å². The summed E-state index contributed by atoms with van der Waals surface area (Å²) in [5.74, 6) is -0.436. The van der Waals surface area contributed by atoms with Crippen molar-refractivity contribution in [3.05, 3.63) is 75.8 Å². The molecule has 11 nitrogen and oxygen atoms in total. The third kappa shape index (κ3) is 10.5. The summed E-state index contributed by atoms with van der Waals surface area (Å²) in [4.78, 5) is 63.4. The number of imide groups is 1. The van der Waals surface area contributed by atoms with Crippen LogP contribution in [-0.2, 0) is 30.0 Å². The SMILES string of the molecule is CC(C)NC(=O)COc1ccc2c(c1)OC(=O)CC2=O.[C-]#[N+]C1=C(C)CC(=O)N(CCCOc2ccc(C(C)(C)CC)cc2C(C)(C)CC)C1=O. The van der Waals surface area contributed by atoms with Crippen molar-refractivity contribution in [1.82, 2.24) is 10.2 Å². The van der Waals surface area contributed by atoms with E-state index >= 15 is 0 Å². The van der Waals surface area contributed by atoms with Crippen molar-refractivity contribution in [3.63, 3.8) is 0 Å². The molecule has 2 aliphatic heterocycles. The summed E-state index contributed by atoms with van der Waals surface area (Å²) in [5, 5.41) is 2.69. The Labute approximate surface area is 301 Å².